The normalized spacial score (nSPS) is 13.7. The van der Waals surface area contributed by atoms with Crippen LogP contribution in [0.4, 0.5) is 5.69 Å². The second kappa shape index (κ2) is 5.70. The highest BCUT2D eigenvalue weighted by molar-refractivity contribution is 5.92. The molecule has 1 aliphatic carbocycles. The molecule has 1 aliphatic rings. The van der Waals surface area contributed by atoms with Gasteiger partial charge in [-0.2, -0.15) is 0 Å². The maximum atomic E-state index is 11.8. The summed E-state index contributed by atoms with van der Waals surface area (Å²) in [5.41, 5.74) is 8.13. The Morgan fingerprint density at radius 3 is 2.94 bits per heavy atom. The van der Waals surface area contributed by atoms with Gasteiger partial charge in [-0.15, -0.1) is 0 Å². The minimum absolute atomic E-state index is 0.101. The standard InChI is InChI=1S/C15H18N2O/c1-11-4-5-12(3-2-8-16)9-14(11)17-15(18)10-13-6-7-13/h4-5,9,13H,6-8,10,16H2,1H3,(H,17,18). The Hall–Kier alpha value is -1.79. The predicted molar refractivity (Wildman–Crippen MR) is 73.1 cm³/mol. The average molecular weight is 242 g/mol. The number of nitrogens with one attached hydrogen (secondary N) is 1. The molecule has 0 saturated heterocycles. The molecule has 0 heterocycles. The van der Waals surface area contributed by atoms with E-state index in [0.29, 0.717) is 18.9 Å². The van der Waals surface area contributed by atoms with Crippen molar-refractivity contribution < 1.29 is 4.79 Å². The molecule has 0 aliphatic heterocycles. The highest BCUT2D eigenvalue weighted by atomic mass is 16.1. The van der Waals surface area contributed by atoms with Crippen molar-refractivity contribution in [1.29, 1.82) is 0 Å². The molecule has 18 heavy (non-hydrogen) atoms. The van der Waals surface area contributed by atoms with Crippen molar-refractivity contribution in [3.63, 3.8) is 0 Å². The molecule has 0 aromatic heterocycles. The zero-order chi connectivity index (χ0) is 13.0. The van der Waals surface area contributed by atoms with Crippen LogP contribution in [0.15, 0.2) is 18.2 Å². The van der Waals surface area contributed by atoms with E-state index < -0.39 is 0 Å². The van der Waals surface area contributed by atoms with Gasteiger partial charge >= 0.3 is 0 Å². The van der Waals surface area contributed by atoms with Crippen LogP contribution in [-0.2, 0) is 4.79 Å². The molecule has 94 valence electrons. The van der Waals surface area contributed by atoms with Crippen LogP contribution < -0.4 is 11.1 Å². The van der Waals surface area contributed by atoms with Gasteiger partial charge in [0.1, 0.15) is 0 Å². The lowest BCUT2D eigenvalue weighted by Crippen LogP contribution is -2.12. The van der Waals surface area contributed by atoms with Gasteiger partial charge in [0.2, 0.25) is 5.91 Å². The van der Waals surface area contributed by atoms with Gasteiger partial charge in [-0.25, -0.2) is 0 Å². The van der Waals surface area contributed by atoms with Crippen LogP contribution in [0.3, 0.4) is 0 Å². The molecule has 1 aromatic rings. The van der Waals surface area contributed by atoms with E-state index in [4.69, 9.17) is 5.73 Å². The van der Waals surface area contributed by atoms with E-state index in [0.717, 1.165) is 16.8 Å². The van der Waals surface area contributed by atoms with Gasteiger partial charge in [0.15, 0.2) is 0 Å². The number of anilines is 1. The monoisotopic (exact) mass is 242 g/mol. The van der Waals surface area contributed by atoms with Crippen LogP contribution in [-0.4, -0.2) is 12.5 Å². The third-order valence-corrected chi connectivity index (χ3v) is 3.02. The number of rotatable bonds is 3. The Morgan fingerprint density at radius 2 is 2.28 bits per heavy atom. The van der Waals surface area contributed by atoms with Gasteiger partial charge in [-0.3, -0.25) is 4.79 Å². The second-order valence-electron chi connectivity index (χ2n) is 4.73. The smallest absolute Gasteiger partial charge is 0.224 e. The molecule has 0 unspecified atom stereocenters. The minimum atomic E-state index is 0.101. The molecule has 2 rings (SSSR count). The van der Waals surface area contributed by atoms with Gasteiger partial charge in [0.25, 0.3) is 0 Å². The van der Waals surface area contributed by atoms with Crippen molar-refractivity contribution in [3.8, 4) is 11.8 Å². The number of benzene rings is 1. The predicted octanol–water partition coefficient (Wildman–Crippen LogP) is 2.04. The summed E-state index contributed by atoms with van der Waals surface area (Å²) in [4.78, 5) is 11.8. The molecule has 1 fully saturated rings. The zero-order valence-electron chi connectivity index (χ0n) is 10.6. The lowest BCUT2D eigenvalue weighted by molar-refractivity contribution is -0.116. The quantitative estimate of drug-likeness (QED) is 0.797. The van der Waals surface area contributed by atoms with Gasteiger partial charge in [-0.1, -0.05) is 17.9 Å². The molecular weight excluding hydrogens is 224 g/mol. The molecule has 0 spiro atoms. The van der Waals surface area contributed by atoms with E-state index in [1.807, 2.05) is 25.1 Å². The summed E-state index contributed by atoms with van der Waals surface area (Å²) in [6, 6.07) is 5.81. The lowest BCUT2D eigenvalue weighted by atomic mass is 10.1. The van der Waals surface area contributed by atoms with E-state index in [1.165, 1.54) is 12.8 Å². The summed E-state index contributed by atoms with van der Waals surface area (Å²) >= 11 is 0. The molecule has 1 saturated carbocycles. The van der Waals surface area contributed by atoms with Crippen molar-refractivity contribution in [3.05, 3.63) is 29.3 Å². The van der Waals surface area contributed by atoms with E-state index in [1.54, 1.807) is 0 Å². The fraction of sp³-hybridized carbons (Fsp3) is 0.400. The molecule has 0 radical (unpaired) electrons. The summed E-state index contributed by atoms with van der Waals surface area (Å²) in [5, 5.41) is 2.96. The Bertz CT molecular complexity index is 507. The maximum absolute atomic E-state index is 11.8. The summed E-state index contributed by atoms with van der Waals surface area (Å²) in [6.45, 7) is 2.32. The SMILES string of the molecule is Cc1ccc(C#CCN)cc1NC(=O)CC1CC1. The Labute approximate surface area is 108 Å². The number of aryl methyl sites for hydroxylation is 1. The molecule has 1 amide bonds. The van der Waals surface area contributed by atoms with Gasteiger partial charge in [-0.05, 0) is 43.4 Å². The van der Waals surface area contributed by atoms with Crippen molar-refractivity contribution in [2.24, 2.45) is 11.7 Å². The Kier molecular flexibility index (Phi) is 4.01. The van der Waals surface area contributed by atoms with E-state index in [9.17, 15) is 4.79 Å². The minimum Gasteiger partial charge on any atom is -0.326 e. The number of hydrogen-bond donors (Lipinski definition) is 2. The number of carbonyl (C=O) groups excluding carboxylic acids is 1. The Balaban J connectivity index is 2.07. The van der Waals surface area contributed by atoms with E-state index in [-0.39, 0.29) is 5.91 Å². The number of amides is 1. The van der Waals surface area contributed by atoms with Gasteiger partial charge in [0, 0.05) is 17.7 Å². The van der Waals surface area contributed by atoms with Crippen LogP contribution in [0.25, 0.3) is 0 Å². The van der Waals surface area contributed by atoms with Crippen molar-refractivity contribution >= 4 is 11.6 Å². The van der Waals surface area contributed by atoms with Crippen LogP contribution in [0.5, 0.6) is 0 Å². The third-order valence-electron chi connectivity index (χ3n) is 3.02. The first kappa shape index (κ1) is 12.7. The molecule has 1 aromatic carbocycles. The first-order valence-corrected chi connectivity index (χ1v) is 6.28. The first-order valence-electron chi connectivity index (χ1n) is 6.28. The van der Waals surface area contributed by atoms with Gasteiger partial charge in [0.05, 0.1) is 6.54 Å². The van der Waals surface area contributed by atoms with Crippen LogP contribution in [0.1, 0.15) is 30.4 Å². The number of hydrogen-bond acceptors (Lipinski definition) is 2. The fourth-order valence-corrected chi connectivity index (χ4v) is 1.77. The van der Waals surface area contributed by atoms with Crippen molar-refractivity contribution in [1.82, 2.24) is 0 Å². The summed E-state index contributed by atoms with van der Waals surface area (Å²) in [6.07, 6.45) is 3.01. The summed E-state index contributed by atoms with van der Waals surface area (Å²) in [7, 11) is 0. The third kappa shape index (κ3) is 3.61. The highest BCUT2D eigenvalue weighted by Gasteiger charge is 2.24. The first-order chi connectivity index (χ1) is 8.69. The van der Waals surface area contributed by atoms with Crippen molar-refractivity contribution in [2.75, 3.05) is 11.9 Å². The molecule has 0 bridgehead atoms. The molecular formula is C15H18N2O. The molecule has 3 nitrogen and oxygen atoms in total. The second-order valence-corrected chi connectivity index (χ2v) is 4.73. The van der Waals surface area contributed by atoms with E-state index in [2.05, 4.69) is 17.2 Å². The molecule has 3 heteroatoms. The van der Waals surface area contributed by atoms with Crippen LogP contribution >= 0.6 is 0 Å². The highest BCUT2D eigenvalue weighted by Crippen LogP contribution is 2.32. The largest absolute Gasteiger partial charge is 0.326 e. The topological polar surface area (TPSA) is 55.1 Å². The average Bonchev–Trinajstić information content (AvgIpc) is 3.14. The fourth-order valence-electron chi connectivity index (χ4n) is 1.77. The molecule has 3 N–H and O–H groups in total. The van der Waals surface area contributed by atoms with Crippen LogP contribution in [0, 0.1) is 24.7 Å². The number of carbonyl (C=O) groups is 1. The van der Waals surface area contributed by atoms with Crippen LogP contribution in [0.2, 0.25) is 0 Å². The Morgan fingerprint density at radius 1 is 1.50 bits per heavy atom. The van der Waals surface area contributed by atoms with Crippen molar-refractivity contribution in [2.45, 2.75) is 26.2 Å². The summed E-state index contributed by atoms with van der Waals surface area (Å²) in [5.74, 6) is 6.49. The lowest BCUT2D eigenvalue weighted by Gasteiger charge is -2.08. The zero-order valence-corrected chi connectivity index (χ0v) is 10.6. The number of nitrogens with two attached hydrogens (primary N) is 1. The summed E-state index contributed by atoms with van der Waals surface area (Å²) < 4.78 is 0. The maximum Gasteiger partial charge on any atom is 0.224 e. The van der Waals surface area contributed by atoms with E-state index >= 15 is 0 Å². The van der Waals surface area contributed by atoms with Gasteiger partial charge < -0.3 is 11.1 Å². The molecule has 0 atom stereocenters.